The predicted octanol–water partition coefficient (Wildman–Crippen LogP) is 2.12. The molecule has 0 radical (unpaired) electrons. The van der Waals surface area contributed by atoms with Gasteiger partial charge in [-0.3, -0.25) is 0 Å². The molecule has 17 heavy (non-hydrogen) atoms. The minimum absolute atomic E-state index is 0.402. The van der Waals surface area contributed by atoms with E-state index < -0.39 is 0 Å². The van der Waals surface area contributed by atoms with Gasteiger partial charge in [-0.05, 0) is 33.1 Å². The van der Waals surface area contributed by atoms with E-state index in [1.807, 2.05) is 12.5 Å². The summed E-state index contributed by atoms with van der Waals surface area (Å²) in [5.74, 6) is 0. The highest BCUT2D eigenvalue weighted by Gasteiger charge is 2.13. The minimum Gasteiger partial charge on any atom is -0.377 e. The Morgan fingerprint density at radius 1 is 1.53 bits per heavy atom. The lowest BCUT2D eigenvalue weighted by atomic mass is 10.1. The number of nitrogens with zero attached hydrogens (tertiary/aromatic N) is 2. The van der Waals surface area contributed by atoms with E-state index in [0.29, 0.717) is 12.1 Å². The fraction of sp³-hybridized carbons (Fsp3) is 0.769. The molecule has 1 aliphatic heterocycles. The highest BCUT2D eigenvalue weighted by molar-refractivity contribution is 4.99. The summed E-state index contributed by atoms with van der Waals surface area (Å²) in [5.41, 5.74) is 1.25. The quantitative estimate of drug-likeness (QED) is 0.852. The monoisotopic (exact) mass is 237 g/mol. The molecule has 2 rings (SSSR count). The first kappa shape index (κ1) is 12.6. The Kier molecular flexibility index (Phi) is 4.57. The number of ether oxygens (including phenoxy) is 1. The molecule has 0 amide bonds. The van der Waals surface area contributed by atoms with Crippen molar-refractivity contribution in [1.29, 1.82) is 0 Å². The summed E-state index contributed by atoms with van der Waals surface area (Å²) in [6.45, 7) is 7.10. The molecule has 0 bridgehead atoms. The van der Waals surface area contributed by atoms with Crippen LogP contribution in [0.2, 0.25) is 0 Å². The molecule has 96 valence electrons. The zero-order valence-corrected chi connectivity index (χ0v) is 10.9. The van der Waals surface area contributed by atoms with E-state index in [2.05, 4.69) is 28.7 Å². The van der Waals surface area contributed by atoms with E-state index in [9.17, 15) is 0 Å². The van der Waals surface area contributed by atoms with Crippen molar-refractivity contribution in [2.45, 2.75) is 51.8 Å². The van der Waals surface area contributed by atoms with E-state index in [1.165, 1.54) is 25.0 Å². The maximum atomic E-state index is 5.69. The molecule has 4 nitrogen and oxygen atoms in total. The summed E-state index contributed by atoms with van der Waals surface area (Å²) < 4.78 is 7.89. The Hall–Kier alpha value is -0.870. The third kappa shape index (κ3) is 3.54. The Morgan fingerprint density at radius 3 is 3.12 bits per heavy atom. The van der Waals surface area contributed by atoms with Crippen molar-refractivity contribution in [2.75, 3.05) is 13.2 Å². The number of rotatable bonds is 5. The lowest BCUT2D eigenvalue weighted by Gasteiger charge is -2.23. The van der Waals surface area contributed by atoms with Gasteiger partial charge in [0.2, 0.25) is 0 Å². The number of hydrogen-bond donors (Lipinski definition) is 1. The van der Waals surface area contributed by atoms with Crippen LogP contribution in [0.1, 0.15) is 44.8 Å². The van der Waals surface area contributed by atoms with Gasteiger partial charge in [0.15, 0.2) is 0 Å². The number of hydrogen-bond acceptors (Lipinski definition) is 3. The fourth-order valence-electron chi connectivity index (χ4n) is 2.26. The van der Waals surface area contributed by atoms with Crippen LogP contribution >= 0.6 is 0 Å². The maximum Gasteiger partial charge on any atom is 0.0951 e. The van der Waals surface area contributed by atoms with Gasteiger partial charge in [0.25, 0.3) is 0 Å². The third-order valence-electron chi connectivity index (χ3n) is 3.25. The van der Waals surface area contributed by atoms with E-state index in [1.54, 1.807) is 0 Å². The largest absolute Gasteiger partial charge is 0.377 e. The van der Waals surface area contributed by atoms with Crippen LogP contribution in [-0.2, 0) is 11.3 Å². The average molecular weight is 237 g/mol. The lowest BCUT2D eigenvalue weighted by Crippen LogP contribution is -2.32. The number of nitrogens with one attached hydrogen (secondary N) is 1. The van der Waals surface area contributed by atoms with Crippen LogP contribution in [0.3, 0.4) is 0 Å². The van der Waals surface area contributed by atoms with E-state index in [-0.39, 0.29) is 0 Å². The van der Waals surface area contributed by atoms with E-state index in [0.717, 1.165) is 19.7 Å². The van der Waals surface area contributed by atoms with Gasteiger partial charge in [0.1, 0.15) is 0 Å². The van der Waals surface area contributed by atoms with Gasteiger partial charge in [0, 0.05) is 31.9 Å². The fourth-order valence-corrected chi connectivity index (χ4v) is 2.26. The molecule has 1 atom stereocenters. The first-order chi connectivity index (χ1) is 8.27. The van der Waals surface area contributed by atoms with Crippen molar-refractivity contribution in [3.05, 3.63) is 18.2 Å². The molecular formula is C13H23N3O. The topological polar surface area (TPSA) is 39.1 Å². The van der Waals surface area contributed by atoms with Gasteiger partial charge in [-0.25, -0.2) is 4.98 Å². The molecule has 0 spiro atoms. The second kappa shape index (κ2) is 6.17. The van der Waals surface area contributed by atoms with Crippen molar-refractivity contribution in [3.63, 3.8) is 0 Å². The minimum atomic E-state index is 0.402. The Bertz CT molecular complexity index is 329. The molecule has 0 aromatic carbocycles. The summed E-state index contributed by atoms with van der Waals surface area (Å²) in [6, 6.07) is 0.472. The van der Waals surface area contributed by atoms with Crippen molar-refractivity contribution in [2.24, 2.45) is 0 Å². The molecule has 1 saturated heterocycles. The first-order valence-corrected chi connectivity index (χ1v) is 6.60. The Labute approximate surface area is 103 Å². The number of aromatic nitrogens is 2. The molecule has 1 unspecified atom stereocenters. The summed E-state index contributed by atoms with van der Waals surface area (Å²) >= 11 is 0. The van der Waals surface area contributed by atoms with Gasteiger partial charge < -0.3 is 14.6 Å². The van der Waals surface area contributed by atoms with Crippen LogP contribution in [-0.4, -0.2) is 28.8 Å². The summed E-state index contributed by atoms with van der Waals surface area (Å²) in [6.07, 6.45) is 7.95. The van der Waals surface area contributed by atoms with Crippen LogP contribution in [0.4, 0.5) is 0 Å². The smallest absolute Gasteiger partial charge is 0.0951 e. The van der Waals surface area contributed by atoms with Crippen molar-refractivity contribution >= 4 is 0 Å². The van der Waals surface area contributed by atoms with Crippen LogP contribution in [0.5, 0.6) is 0 Å². The lowest BCUT2D eigenvalue weighted by molar-refractivity contribution is 0.0167. The first-order valence-electron chi connectivity index (χ1n) is 6.60. The molecule has 1 aliphatic rings. The van der Waals surface area contributed by atoms with Crippen molar-refractivity contribution in [3.8, 4) is 0 Å². The molecule has 1 aromatic heterocycles. The highest BCUT2D eigenvalue weighted by Crippen LogP contribution is 2.12. The van der Waals surface area contributed by atoms with Crippen LogP contribution in [0.25, 0.3) is 0 Å². The van der Waals surface area contributed by atoms with E-state index >= 15 is 0 Å². The molecule has 0 aliphatic carbocycles. The molecule has 2 heterocycles. The van der Waals surface area contributed by atoms with Gasteiger partial charge in [-0.15, -0.1) is 0 Å². The van der Waals surface area contributed by atoms with Gasteiger partial charge in [0.05, 0.1) is 18.1 Å². The van der Waals surface area contributed by atoms with E-state index in [4.69, 9.17) is 4.74 Å². The Balaban J connectivity index is 1.75. The van der Waals surface area contributed by atoms with Crippen LogP contribution in [0.15, 0.2) is 12.5 Å². The van der Waals surface area contributed by atoms with Gasteiger partial charge in [-0.1, -0.05) is 0 Å². The van der Waals surface area contributed by atoms with Gasteiger partial charge >= 0.3 is 0 Å². The molecular weight excluding hydrogens is 214 g/mol. The maximum absolute atomic E-state index is 5.69. The van der Waals surface area contributed by atoms with Gasteiger partial charge in [-0.2, -0.15) is 0 Å². The van der Waals surface area contributed by atoms with Crippen molar-refractivity contribution < 1.29 is 4.74 Å². The SMILES string of the molecule is CC(C)n1cncc1CNCC1CCCCO1. The summed E-state index contributed by atoms with van der Waals surface area (Å²) in [5, 5.41) is 3.47. The normalized spacial score (nSPS) is 21.0. The zero-order chi connectivity index (χ0) is 12.1. The highest BCUT2D eigenvalue weighted by atomic mass is 16.5. The summed E-state index contributed by atoms with van der Waals surface area (Å²) in [7, 11) is 0. The molecule has 4 heteroatoms. The molecule has 0 saturated carbocycles. The summed E-state index contributed by atoms with van der Waals surface area (Å²) in [4.78, 5) is 4.20. The predicted molar refractivity (Wildman–Crippen MR) is 67.9 cm³/mol. The molecule has 1 N–H and O–H groups in total. The second-order valence-electron chi connectivity index (χ2n) is 5.01. The number of imidazole rings is 1. The zero-order valence-electron chi connectivity index (χ0n) is 10.9. The van der Waals surface area contributed by atoms with Crippen LogP contribution < -0.4 is 5.32 Å². The average Bonchev–Trinajstić information content (AvgIpc) is 2.79. The van der Waals surface area contributed by atoms with Crippen LogP contribution in [0, 0.1) is 0 Å². The Morgan fingerprint density at radius 2 is 2.41 bits per heavy atom. The molecule has 1 fully saturated rings. The van der Waals surface area contributed by atoms with Crippen molar-refractivity contribution in [1.82, 2.24) is 14.9 Å². The molecule has 1 aromatic rings. The standard InChI is InChI=1S/C13H23N3O/c1-11(2)16-10-15-8-12(16)7-14-9-13-5-3-4-6-17-13/h8,10-11,13-14H,3-7,9H2,1-2H3. The second-order valence-corrected chi connectivity index (χ2v) is 5.01. The third-order valence-corrected chi connectivity index (χ3v) is 3.25.